The van der Waals surface area contributed by atoms with Gasteiger partial charge in [-0.05, 0) is 73.6 Å². The molecule has 0 radical (unpaired) electrons. The van der Waals surface area contributed by atoms with Gasteiger partial charge in [0.2, 0.25) is 0 Å². The maximum absolute atomic E-state index is 11.7. The quantitative estimate of drug-likeness (QED) is 0.202. The highest BCUT2D eigenvalue weighted by Crippen LogP contribution is 2.47. The summed E-state index contributed by atoms with van der Waals surface area (Å²) < 4.78 is 2.27. The van der Waals surface area contributed by atoms with E-state index in [1.54, 1.807) is 11.9 Å². The molecular formula is C31H24N4O2S2. The van der Waals surface area contributed by atoms with Gasteiger partial charge in [-0.15, -0.1) is 16.2 Å². The van der Waals surface area contributed by atoms with Crippen LogP contribution in [0.3, 0.4) is 0 Å². The van der Waals surface area contributed by atoms with E-state index in [-0.39, 0.29) is 5.92 Å². The van der Waals surface area contributed by atoms with Crippen molar-refractivity contribution in [1.82, 2.24) is 3.97 Å². The Morgan fingerprint density at radius 1 is 1.03 bits per heavy atom. The van der Waals surface area contributed by atoms with E-state index in [9.17, 15) is 15.0 Å². The molecule has 0 bridgehead atoms. The highest BCUT2D eigenvalue weighted by atomic mass is 32.2. The van der Waals surface area contributed by atoms with Gasteiger partial charge in [-0.3, -0.25) is 8.77 Å². The molecule has 0 saturated carbocycles. The molecular weight excluding hydrogens is 525 g/mol. The summed E-state index contributed by atoms with van der Waals surface area (Å²) in [6.07, 6.45) is 0. The summed E-state index contributed by atoms with van der Waals surface area (Å²) >= 11 is 3.11. The van der Waals surface area contributed by atoms with Crippen LogP contribution in [0, 0.1) is 36.0 Å². The summed E-state index contributed by atoms with van der Waals surface area (Å²) in [5, 5.41) is 15.6. The third-order valence-corrected chi connectivity index (χ3v) is 9.00. The first-order chi connectivity index (χ1) is 19.0. The van der Waals surface area contributed by atoms with Crippen molar-refractivity contribution in [2.75, 3.05) is 18.0 Å². The fourth-order valence-electron chi connectivity index (χ4n) is 5.07. The molecule has 0 atom stereocenters. The van der Waals surface area contributed by atoms with Crippen LogP contribution in [0.2, 0.25) is 0 Å². The Kier molecular flexibility index (Phi) is 6.55. The zero-order chi connectivity index (χ0) is 27.1. The van der Waals surface area contributed by atoms with Gasteiger partial charge in [0.25, 0.3) is 5.91 Å². The molecule has 1 saturated heterocycles. The standard InChI is InChI=1S/C31H24N4O2S2/c1-19-6-9-24(10-7-19)39-35-27-11-8-20(2)14-26(27)29(25-12-13-38-28(25)16-32)30(35)21-4-3-5-23(15-21)34-17-22(18-34)31(36)33-37/h3-15,22H,17-18H2,1-2H3. The SMILES string of the molecule is Cc1ccc(Sn2c(-c3cccc(N4CC(C(=O)N=O)C4)c3)c(-c3ccsc3C#N)c3cc(C)ccc32)cc1. The van der Waals surface area contributed by atoms with Gasteiger partial charge in [-0.25, -0.2) is 0 Å². The molecule has 0 N–H and O–H groups in total. The molecule has 0 unspecified atom stereocenters. The highest BCUT2D eigenvalue weighted by Gasteiger charge is 2.34. The summed E-state index contributed by atoms with van der Waals surface area (Å²) in [4.78, 5) is 26.3. The van der Waals surface area contributed by atoms with Crippen LogP contribution in [-0.4, -0.2) is 23.0 Å². The Hall–Kier alpha value is -4.19. The number of anilines is 1. The number of aryl methyl sites for hydroxylation is 2. The van der Waals surface area contributed by atoms with Gasteiger partial charge in [0.05, 0.1) is 17.1 Å². The summed E-state index contributed by atoms with van der Waals surface area (Å²) in [5.74, 6) is -0.937. The van der Waals surface area contributed by atoms with Gasteiger partial charge in [0.1, 0.15) is 10.9 Å². The molecule has 3 heterocycles. The van der Waals surface area contributed by atoms with E-state index in [4.69, 9.17) is 0 Å². The van der Waals surface area contributed by atoms with Gasteiger partial charge in [0.15, 0.2) is 0 Å². The predicted octanol–water partition coefficient (Wildman–Crippen LogP) is 7.81. The zero-order valence-electron chi connectivity index (χ0n) is 21.4. The molecule has 5 aromatic rings. The summed E-state index contributed by atoms with van der Waals surface area (Å²) in [5.41, 5.74) is 8.38. The Balaban J connectivity index is 1.57. The van der Waals surface area contributed by atoms with Crippen LogP contribution in [-0.2, 0) is 4.79 Å². The van der Waals surface area contributed by atoms with Crippen molar-refractivity contribution in [2.24, 2.45) is 11.1 Å². The first kappa shape index (κ1) is 25.1. The number of nitrogens with zero attached hydrogens (tertiary/aromatic N) is 4. The maximum Gasteiger partial charge on any atom is 0.292 e. The number of carbonyl (C=O) groups excluding carboxylic acids is 1. The Labute approximate surface area is 234 Å². The number of nitroso groups, excluding NO2 is 1. The van der Waals surface area contributed by atoms with Crippen molar-refractivity contribution in [2.45, 2.75) is 18.7 Å². The number of aromatic nitrogens is 1. The molecule has 8 heteroatoms. The van der Waals surface area contributed by atoms with Crippen molar-refractivity contribution in [3.8, 4) is 28.5 Å². The van der Waals surface area contributed by atoms with Crippen LogP contribution in [0.15, 0.2) is 88.2 Å². The smallest absolute Gasteiger partial charge is 0.292 e. The number of nitriles is 1. The summed E-state index contributed by atoms with van der Waals surface area (Å²) in [6, 6.07) is 27.6. The van der Waals surface area contributed by atoms with Crippen LogP contribution >= 0.6 is 23.3 Å². The minimum atomic E-state index is -0.587. The number of fused-ring (bicyclic) bond motifs is 1. The molecule has 0 spiro atoms. The van der Waals surface area contributed by atoms with Gasteiger partial charge in [0, 0.05) is 50.9 Å². The van der Waals surface area contributed by atoms with Gasteiger partial charge >= 0.3 is 0 Å². The second-order valence-electron chi connectivity index (χ2n) is 9.80. The molecule has 6 nitrogen and oxygen atoms in total. The van der Waals surface area contributed by atoms with E-state index < -0.39 is 5.91 Å². The lowest BCUT2D eigenvalue weighted by molar-refractivity contribution is -0.122. The minimum absolute atomic E-state index is 0.350. The number of carbonyl (C=O) groups is 1. The first-order valence-electron chi connectivity index (χ1n) is 12.6. The van der Waals surface area contributed by atoms with Gasteiger partial charge in [-0.2, -0.15) is 5.26 Å². The van der Waals surface area contributed by atoms with Crippen LogP contribution in [0.1, 0.15) is 16.0 Å². The molecule has 1 aliphatic rings. The number of hydrogen-bond acceptors (Lipinski definition) is 6. The molecule has 2 aromatic heterocycles. The van der Waals surface area contributed by atoms with Crippen molar-refractivity contribution in [3.05, 3.63) is 99.1 Å². The van der Waals surface area contributed by atoms with E-state index in [1.165, 1.54) is 16.9 Å². The highest BCUT2D eigenvalue weighted by molar-refractivity contribution is 7.98. The van der Waals surface area contributed by atoms with Crippen molar-refractivity contribution >= 4 is 45.8 Å². The largest absolute Gasteiger partial charge is 0.370 e. The molecule has 1 amide bonds. The Bertz CT molecular complexity index is 1770. The summed E-state index contributed by atoms with van der Waals surface area (Å²) in [6.45, 7) is 5.12. The molecule has 1 aliphatic heterocycles. The van der Waals surface area contributed by atoms with Crippen molar-refractivity contribution in [3.63, 3.8) is 0 Å². The Morgan fingerprint density at radius 2 is 1.79 bits per heavy atom. The average Bonchev–Trinajstić information content (AvgIpc) is 3.51. The predicted molar refractivity (Wildman–Crippen MR) is 159 cm³/mol. The van der Waals surface area contributed by atoms with E-state index in [0.717, 1.165) is 49.4 Å². The average molecular weight is 549 g/mol. The Morgan fingerprint density at radius 3 is 2.54 bits per heavy atom. The second kappa shape index (κ2) is 10.2. The van der Waals surface area contributed by atoms with Crippen LogP contribution in [0.4, 0.5) is 5.69 Å². The number of hydrogen-bond donors (Lipinski definition) is 0. The van der Waals surface area contributed by atoms with E-state index in [2.05, 4.69) is 88.6 Å². The molecule has 6 rings (SSSR count). The fourth-order valence-corrected chi connectivity index (χ4v) is 6.78. The van der Waals surface area contributed by atoms with E-state index >= 15 is 0 Å². The monoisotopic (exact) mass is 548 g/mol. The minimum Gasteiger partial charge on any atom is -0.370 e. The first-order valence-corrected chi connectivity index (χ1v) is 14.2. The number of thiophene rings is 1. The number of amides is 1. The van der Waals surface area contributed by atoms with Gasteiger partial charge in [-0.1, -0.05) is 41.5 Å². The molecule has 0 aliphatic carbocycles. The van der Waals surface area contributed by atoms with Crippen molar-refractivity contribution in [1.29, 1.82) is 5.26 Å². The van der Waals surface area contributed by atoms with Crippen LogP contribution in [0.25, 0.3) is 33.3 Å². The lowest BCUT2D eigenvalue weighted by atomic mass is 9.96. The second-order valence-corrected chi connectivity index (χ2v) is 11.7. The topological polar surface area (TPSA) is 78.5 Å². The van der Waals surface area contributed by atoms with E-state index in [0.29, 0.717) is 18.0 Å². The fraction of sp³-hybridized carbons (Fsp3) is 0.161. The normalized spacial score (nSPS) is 13.3. The molecule has 192 valence electrons. The van der Waals surface area contributed by atoms with E-state index in [1.807, 2.05) is 23.6 Å². The van der Waals surface area contributed by atoms with Crippen LogP contribution in [0.5, 0.6) is 0 Å². The zero-order valence-corrected chi connectivity index (χ0v) is 23.1. The third-order valence-electron chi connectivity index (χ3n) is 7.14. The lowest BCUT2D eigenvalue weighted by Crippen LogP contribution is -2.50. The third kappa shape index (κ3) is 4.54. The maximum atomic E-state index is 11.7. The molecule has 1 fully saturated rings. The number of rotatable bonds is 6. The summed E-state index contributed by atoms with van der Waals surface area (Å²) in [7, 11) is 0. The van der Waals surface area contributed by atoms with Crippen LogP contribution < -0.4 is 4.90 Å². The van der Waals surface area contributed by atoms with Gasteiger partial charge < -0.3 is 4.90 Å². The molecule has 3 aromatic carbocycles. The molecule has 39 heavy (non-hydrogen) atoms. The van der Waals surface area contributed by atoms with Crippen molar-refractivity contribution < 1.29 is 4.79 Å². The lowest BCUT2D eigenvalue weighted by Gasteiger charge is -2.38. The number of benzene rings is 3.